The standard InChI is InChI=1S/C21H27N5O4/c1-15-8-5-6-12-24(15)13-7-11-22-21(28)20-19(27)14-16(2)25(23-20)17-9-3-4-10-18(17)26(29)30/h3-4,9-10,14-15H,5-8,11-13H2,1-2H3,(H,22,28)/p+1/t15-/m1/s1. The lowest BCUT2D eigenvalue weighted by atomic mass is 10.0. The Labute approximate surface area is 174 Å². The molecule has 1 fully saturated rings. The lowest BCUT2D eigenvalue weighted by Gasteiger charge is -2.30. The van der Waals surface area contributed by atoms with Crippen molar-refractivity contribution in [1.29, 1.82) is 0 Å². The summed E-state index contributed by atoms with van der Waals surface area (Å²) >= 11 is 0. The van der Waals surface area contributed by atoms with Gasteiger partial charge in [0.1, 0.15) is 5.69 Å². The number of amides is 1. The van der Waals surface area contributed by atoms with Crippen molar-refractivity contribution in [3.8, 4) is 5.69 Å². The van der Waals surface area contributed by atoms with Crippen LogP contribution >= 0.6 is 0 Å². The summed E-state index contributed by atoms with van der Waals surface area (Å²) in [5.74, 6) is -0.561. The van der Waals surface area contributed by atoms with Gasteiger partial charge in [0, 0.05) is 30.8 Å². The lowest BCUT2D eigenvalue weighted by Crippen LogP contribution is -3.16. The van der Waals surface area contributed by atoms with Crippen molar-refractivity contribution in [3.05, 3.63) is 62.1 Å². The Bertz CT molecular complexity index is 988. The summed E-state index contributed by atoms with van der Waals surface area (Å²) in [7, 11) is 0. The molecular formula is C21H28N5O4+. The van der Waals surface area contributed by atoms with Crippen LogP contribution in [0.4, 0.5) is 5.69 Å². The summed E-state index contributed by atoms with van der Waals surface area (Å²) in [5, 5.41) is 18.3. The minimum Gasteiger partial charge on any atom is -0.350 e. The third kappa shape index (κ3) is 4.91. The van der Waals surface area contributed by atoms with Crippen LogP contribution in [0.15, 0.2) is 35.1 Å². The Kier molecular flexibility index (Phi) is 6.94. The minimum absolute atomic E-state index is 0.151. The average Bonchev–Trinajstić information content (AvgIpc) is 2.72. The molecule has 0 radical (unpaired) electrons. The summed E-state index contributed by atoms with van der Waals surface area (Å²) in [5.41, 5.74) is -0.306. The van der Waals surface area contributed by atoms with E-state index in [-0.39, 0.29) is 17.1 Å². The molecule has 1 aromatic carbocycles. The monoisotopic (exact) mass is 414 g/mol. The number of hydrogen-bond acceptors (Lipinski definition) is 5. The second-order valence-electron chi connectivity index (χ2n) is 7.82. The van der Waals surface area contributed by atoms with Crippen molar-refractivity contribution in [2.45, 2.75) is 45.6 Å². The van der Waals surface area contributed by atoms with Crippen LogP contribution in [0.2, 0.25) is 0 Å². The maximum atomic E-state index is 12.6. The highest BCUT2D eigenvalue weighted by Gasteiger charge is 2.22. The van der Waals surface area contributed by atoms with Crippen LogP contribution < -0.4 is 15.6 Å². The number of aryl methyl sites for hydroxylation is 1. The van der Waals surface area contributed by atoms with Crippen LogP contribution in [0.5, 0.6) is 0 Å². The molecule has 30 heavy (non-hydrogen) atoms. The van der Waals surface area contributed by atoms with Crippen LogP contribution in [0.25, 0.3) is 5.69 Å². The number of quaternary nitrogens is 1. The number of carbonyl (C=O) groups is 1. The molecule has 0 spiro atoms. The van der Waals surface area contributed by atoms with Crippen molar-refractivity contribution in [2.75, 3.05) is 19.6 Å². The summed E-state index contributed by atoms with van der Waals surface area (Å²) in [6.07, 6.45) is 4.58. The minimum atomic E-state index is -0.561. The summed E-state index contributed by atoms with van der Waals surface area (Å²) in [4.78, 5) is 37.3. The zero-order chi connectivity index (χ0) is 21.7. The highest BCUT2D eigenvalue weighted by atomic mass is 16.6. The molecule has 160 valence electrons. The Hall–Kier alpha value is -3.07. The Balaban J connectivity index is 1.72. The van der Waals surface area contributed by atoms with E-state index in [1.54, 1.807) is 24.0 Å². The highest BCUT2D eigenvalue weighted by molar-refractivity contribution is 5.92. The number of nitrogens with one attached hydrogen (secondary N) is 2. The van der Waals surface area contributed by atoms with Crippen LogP contribution in [0.1, 0.15) is 48.8 Å². The summed E-state index contributed by atoms with van der Waals surface area (Å²) < 4.78 is 1.27. The molecule has 9 heteroatoms. The van der Waals surface area contributed by atoms with Crippen molar-refractivity contribution >= 4 is 11.6 Å². The van der Waals surface area contributed by atoms with E-state index in [1.165, 1.54) is 42.1 Å². The van der Waals surface area contributed by atoms with Crippen LogP contribution in [-0.4, -0.2) is 46.3 Å². The Morgan fingerprint density at radius 1 is 1.37 bits per heavy atom. The number of carbonyl (C=O) groups excluding carboxylic acids is 1. The molecular weight excluding hydrogens is 386 g/mol. The smallest absolute Gasteiger partial charge is 0.294 e. The zero-order valence-corrected chi connectivity index (χ0v) is 17.4. The van der Waals surface area contributed by atoms with Gasteiger partial charge < -0.3 is 10.2 Å². The number of piperidine rings is 1. The van der Waals surface area contributed by atoms with Gasteiger partial charge in [-0.05, 0) is 39.2 Å². The number of benzene rings is 1. The summed E-state index contributed by atoms with van der Waals surface area (Å²) in [6.45, 7) is 6.47. The van der Waals surface area contributed by atoms with Gasteiger partial charge in [-0.3, -0.25) is 19.7 Å². The number of aromatic nitrogens is 2. The Morgan fingerprint density at radius 2 is 2.13 bits per heavy atom. The number of nitrogens with zero attached hydrogens (tertiary/aromatic N) is 3. The van der Waals surface area contributed by atoms with Gasteiger partial charge in [0.25, 0.3) is 11.6 Å². The fourth-order valence-corrected chi connectivity index (χ4v) is 3.97. The largest absolute Gasteiger partial charge is 0.350 e. The predicted molar refractivity (Wildman–Crippen MR) is 112 cm³/mol. The number of likely N-dealkylation sites (tertiary alicyclic amines) is 1. The molecule has 1 aromatic heterocycles. The number of para-hydroxylation sites is 2. The van der Waals surface area contributed by atoms with E-state index in [1.807, 2.05) is 0 Å². The average molecular weight is 414 g/mol. The third-order valence-corrected chi connectivity index (χ3v) is 5.67. The van der Waals surface area contributed by atoms with E-state index in [4.69, 9.17) is 0 Å². The topological polar surface area (TPSA) is 112 Å². The van der Waals surface area contributed by atoms with Gasteiger partial charge in [-0.2, -0.15) is 5.10 Å². The molecule has 2 N–H and O–H groups in total. The molecule has 9 nitrogen and oxygen atoms in total. The first kappa shape index (κ1) is 21.6. The molecule has 1 aliphatic rings. The maximum Gasteiger partial charge on any atom is 0.294 e. The molecule has 1 aliphatic heterocycles. The van der Waals surface area contributed by atoms with Crippen molar-refractivity contribution in [1.82, 2.24) is 15.1 Å². The second-order valence-corrected chi connectivity index (χ2v) is 7.82. The molecule has 2 heterocycles. The number of nitro groups is 1. The van der Waals surface area contributed by atoms with Crippen molar-refractivity contribution < 1.29 is 14.6 Å². The first-order valence-electron chi connectivity index (χ1n) is 10.4. The fourth-order valence-electron chi connectivity index (χ4n) is 3.97. The molecule has 0 bridgehead atoms. The molecule has 3 rings (SSSR count). The van der Waals surface area contributed by atoms with Gasteiger partial charge in [0.15, 0.2) is 5.69 Å². The maximum absolute atomic E-state index is 12.6. The Morgan fingerprint density at radius 3 is 2.87 bits per heavy atom. The first-order valence-corrected chi connectivity index (χ1v) is 10.4. The SMILES string of the molecule is Cc1cc(=O)c(C(=O)NCCC[NH+]2CCCC[C@H]2C)nn1-c1ccccc1[N+](=O)[O-]. The zero-order valence-electron chi connectivity index (χ0n) is 17.4. The molecule has 0 saturated carbocycles. The second kappa shape index (κ2) is 9.62. The van der Waals surface area contributed by atoms with Crippen LogP contribution in [-0.2, 0) is 0 Å². The highest BCUT2D eigenvalue weighted by Crippen LogP contribution is 2.22. The molecule has 1 unspecified atom stereocenters. The quantitative estimate of drug-likeness (QED) is 0.399. The van der Waals surface area contributed by atoms with Gasteiger partial charge >= 0.3 is 0 Å². The van der Waals surface area contributed by atoms with Gasteiger partial charge in [-0.25, -0.2) is 4.68 Å². The molecule has 2 aromatic rings. The van der Waals surface area contributed by atoms with Gasteiger partial charge in [0.2, 0.25) is 5.43 Å². The van der Waals surface area contributed by atoms with E-state index < -0.39 is 16.3 Å². The van der Waals surface area contributed by atoms with E-state index in [2.05, 4.69) is 17.3 Å². The molecule has 2 atom stereocenters. The number of hydrogen-bond donors (Lipinski definition) is 2. The lowest BCUT2D eigenvalue weighted by molar-refractivity contribution is -0.928. The van der Waals surface area contributed by atoms with Crippen molar-refractivity contribution in [2.24, 2.45) is 0 Å². The summed E-state index contributed by atoms with van der Waals surface area (Å²) in [6, 6.07) is 8.01. The van der Waals surface area contributed by atoms with E-state index in [0.29, 0.717) is 18.3 Å². The van der Waals surface area contributed by atoms with E-state index in [9.17, 15) is 19.7 Å². The molecule has 1 amide bonds. The van der Waals surface area contributed by atoms with Crippen molar-refractivity contribution in [3.63, 3.8) is 0 Å². The fraction of sp³-hybridized carbons (Fsp3) is 0.476. The molecule has 0 aliphatic carbocycles. The van der Waals surface area contributed by atoms with E-state index in [0.717, 1.165) is 19.5 Å². The van der Waals surface area contributed by atoms with Gasteiger partial charge in [-0.1, -0.05) is 12.1 Å². The molecule has 1 saturated heterocycles. The van der Waals surface area contributed by atoms with Crippen LogP contribution in [0, 0.1) is 17.0 Å². The number of rotatable bonds is 7. The van der Waals surface area contributed by atoms with E-state index >= 15 is 0 Å². The van der Waals surface area contributed by atoms with Crippen LogP contribution in [0.3, 0.4) is 0 Å². The number of nitro benzene ring substituents is 1. The normalized spacial score (nSPS) is 18.7. The first-order chi connectivity index (χ1) is 14.4. The predicted octanol–water partition coefficient (Wildman–Crippen LogP) is 1.03. The van der Waals surface area contributed by atoms with Gasteiger partial charge in [0.05, 0.1) is 24.1 Å². The third-order valence-electron chi connectivity index (χ3n) is 5.67. The van der Waals surface area contributed by atoms with Gasteiger partial charge in [-0.15, -0.1) is 0 Å².